The molecule has 0 aliphatic rings. The molecule has 0 aromatic rings. The van der Waals surface area contributed by atoms with Gasteiger partial charge in [-0.2, -0.15) is 33.3 Å². The summed E-state index contributed by atoms with van der Waals surface area (Å²) in [4.78, 5) is 0. The van der Waals surface area contributed by atoms with Crippen molar-refractivity contribution in [1.29, 1.82) is 0 Å². The van der Waals surface area contributed by atoms with Crippen LogP contribution in [0, 0.1) is 0 Å². The number of hydrogen-bond acceptors (Lipinski definition) is 0. The monoisotopic (exact) mass is 168 g/mol. The average molecular weight is 168 g/mol. The second-order valence-electron chi connectivity index (χ2n) is 0. The maximum Gasteiger partial charge on any atom is -0.118 e. The summed E-state index contributed by atoms with van der Waals surface area (Å²) in [6.07, 6.45) is 0. The molecule has 38 valence electrons. The van der Waals surface area contributed by atoms with Crippen LogP contribution in [0.3, 0.4) is 0 Å². The second kappa shape index (κ2) is 36.4. The Morgan fingerprint density at radius 2 is 0.800 bits per heavy atom. The highest BCUT2D eigenvalue weighted by molar-refractivity contribution is 7.92. The predicted octanol–water partition coefficient (Wildman–Crippen LogP) is 0.881. The van der Waals surface area contributed by atoms with Crippen LogP contribution in [0.25, 0.3) is 0 Å². The third-order valence-corrected chi connectivity index (χ3v) is 0. The van der Waals surface area contributed by atoms with Gasteiger partial charge in [0.05, 0.1) is 0 Å². The Balaban J connectivity index is -0.00000000167. The van der Waals surface area contributed by atoms with Crippen molar-refractivity contribution in [3.8, 4) is 0 Å². The molecule has 0 heterocycles. The second-order valence-corrected chi connectivity index (χ2v) is 0. The van der Waals surface area contributed by atoms with Crippen LogP contribution in [0.2, 0.25) is 0 Å². The van der Waals surface area contributed by atoms with Crippen molar-refractivity contribution >= 4 is 51.2 Å². The van der Waals surface area contributed by atoms with Gasteiger partial charge in [0.25, 0.3) is 0 Å². The first-order valence-electron chi connectivity index (χ1n) is 0.333. The van der Waals surface area contributed by atoms with Gasteiger partial charge >= 0.3 is 0 Å². The van der Waals surface area contributed by atoms with Crippen molar-refractivity contribution in [2.24, 2.45) is 0 Å². The van der Waals surface area contributed by atoms with E-state index >= 15 is 0 Å². The summed E-state index contributed by atoms with van der Waals surface area (Å²) in [6, 6.07) is 0. The molecule has 0 aliphatic carbocycles. The standard InChI is InChI=1S/H4P2.2H3P.H2S/c1-2;;;/h1-2H2;2*1H3;1H2. The van der Waals surface area contributed by atoms with Crippen LogP contribution in [-0.2, 0) is 0 Å². The van der Waals surface area contributed by atoms with Crippen molar-refractivity contribution in [3.05, 3.63) is 0 Å². The van der Waals surface area contributed by atoms with Gasteiger partial charge in [-0.3, -0.25) is 0 Å². The minimum atomic E-state index is 0. The molecule has 0 aromatic heterocycles. The van der Waals surface area contributed by atoms with Gasteiger partial charge in [0, 0.05) is 0 Å². The maximum atomic E-state index is 2.33. The fourth-order valence-electron chi connectivity index (χ4n) is 0. The van der Waals surface area contributed by atoms with Crippen molar-refractivity contribution in [2.75, 3.05) is 0 Å². The Hall–Kier alpha value is 2.07. The fourth-order valence-corrected chi connectivity index (χ4v) is 0. The summed E-state index contributed by atoms with van der Waals surface area (Å²) in [5.74, 6) is 0. The van der Waals surface area contributed by atoms with E-state index in [0.29, 0.717) is 0 Å². The third kappa shape index (κ3) is 23.5. The largest absolute Gasteiger partial charge is 0.197 e. The lowest BCUT2D eigenvalue weighted by Gasteiger charge is -1.12. The minimum Gasteiger partial charge on any atom is -0.197 e. The van der Waals surface area contributed by atoms with Gasteiger partial charge in [0.15, 0.2) is 0 Å². The zero-order valence-corrected chi connectivity index (χ0v) is 9.21. The Labute approximate surface area is 51.6 Å². The fraction of sp³-hybridized carbons (Fsp3) is 0. The Kier molecular flexibility index (Phi) is 201. The van der Waals surface area contributed by atoms with Crippen LogP contribution in [0.1, 0.15) is 0 Å². The van der Waals surface area contributed by atoms with Gasteiger partial charge in [0.1, 0.15) is 0 Å². The zero-order valence-electron chi connectivity index (χ0n) is 3.07. The minimum absolute atomic E-state index is 0. The van der Waals surface area contributed by atoms with Gasteiger partial charge in [-0.1, -0.05) is 0 Å². The quantitative estimate of drug-likeness (QED) is 0.471. The number of hydrogen-bond donors (Lipinski definition) is 0. The third-order valence-electron chi connectivity index (χ3n) is 0. The van der Waals surface area contributed by atoms with Crippen LogP contribution in [0.5, 0.6) is 0 Å². The van der Waals surface area contributed by atoms with Crippen molar-refractivity contribution in [1.82, 2.24) is 0 Å². The molecule has 0 saturated carbocycles. The molecule has 0 rings (SSSR count). The lowest BCUT2D eigenvalue weighted by molar-refractivity contribution is 5.92. The van der Waals surface area contributed by atoms with E-state index in [-0.39, 0.29) is 33.3 Å². The van der Waals surface area contributed by atoms with E-state index < -0.39 is 0 Å². The molecule has 4 atom stereocenters. The van der Waals surface area contributed by atoms with Gasteiger partial charge in [-0.15, -0.1) is 17.9 Å². The van der Waals surface area contributed by atoms with Crippen LogP contribution in [0.15, 0.2) is 0 Å². The lowest BCUT2D eigenvalue weighted by Crippen LogP contribution is -0.139. The van der Waals surface area contributed by atoms with Crippen molar-refractivity contribution in [2.45, 2.75) is 0 Å². The van der Waals surface area contributed by atoms with Gasteiger partial charge in [-0.25, -0.2) is 0 Å². The van der Waals surface area contributed by atoms with Crippen LogP contribution in [-0.4, -0.2) is 0 Å². The molecule has 0 aliphatic heterocycles. The summed E-state index contributed by atoms with van der Waals surface area (Å²) in [7, 11) is 4.67. The first-order valence-corrected chi connectivity index (χ1v) is 3.00. The summed E-state index contributed by atoms with van der Waals surface area (Å²) in [5.41, 5.74) is 0. The first-order chi connectivity index (χ1) is 1.00. The Bertz CT molecular complexity index is 3.61. The summed E-state index contributed by atoms with van der Waals surface area (Å²) in [6.45, 7) is 0. The molecular weight excluding hydrogens is 156 g/mol. The SMILES string of the molecule is P.P.PP.S. The van der Waals surface area contributed by atoms with E-state index in [2.05, 4.69) is 17.9 Å². The van der Waals surface area contributed by atoms with E-state index in [4.69, 9.17) is 0 Å². The highest BCUT2D eigenvalue weighted by atomic mass is 32.1. The van der Waals surface area contributed by atoms with Crippen LogP contribution in [0.4, 0.5) is 0 Å². The highest BCUT2D eigenvalue weighted by Crippen LogP contribution is 1.86. The smallest absolute Gasteiger partial charge is 0.118 e. The van der Waals surface area contributed by atoms with E-state index in [0.717, 1.165) is 0 Å². The normalized spacial score (nSPS) is 1.20. The molecule has 4 unspecified atom stereocenters. The summed E-state index contributed by atoms with van der Waals surface area (Å²) < 4.78 is 0. The molecular formula is H12P4S. The highest BCUT2D eigenvalue weighted by Gasteiger charge is 0.882. The van der Waals surface area contributed by atoms with Crippen LogP contribution >= 0.6 is 51.2 Å². The maximum absolute atomic E-state index is 2.33. The van der Waals surface area contributed by atoms with E-state index in [1.54, 1.807) is 0 Å². The van der Waals surface area contributed by atoms with Crippen LogP contribution < -0.4 is 0 Å². The Morgan fingerprint density at radius 1 is 0.800 bits per heavy atom. The molecule has 0 saturated heterocycles. The molecule has 0 N–H and O–H groups in total. The van der Waals surface area contributed by atoms with Crippen molar-refractivity contribution < 1.29 is 0 Å². The molecule has 5 heavy (non-hydrogen) atoms. The summed E-state index contributed by atoms with van der Waals surface area (Å²) >= 11 is 0. The zero-order chi connectivity index (χ0) is 2.00. The lowest BCUT2D eigenvalue weighted by atomic mass is 30.0. The van der Waals surface area contributed by atoms with E-state index in [9.17, 15) is 0 Å². The molecule has 0 nitrogen and oxygen atoms in total. The predicted molar refractivity (Wildman–Crippen MR) is 52.0 cm³/mol. The Morgan fingerprint density at radius 3 is 0.800 bits per heavy atom. The van der Waals surface area contributed by atoms with Gasteiger partial charge < -0.3 is 0 Å². The average Bonchev–Trinajstić information content (AvgIpc) is 1.00. The molecule has 0 bridgehead atoms. The molecule has 0 amide bonds. The van der Waals surface area contributed by atoms with Crippen molar-refractivity contribution in [3.63, 3.8) is 0 Å². The molecule has 0 spiro atoms. The molecule has 0 radical (unpaired) electrons. The molecule has 0 aromatic carbocycles. The van der Waals surface area contributed by atoms with E-state index in [1.165, 1.54) is 0 Å². The molecule has 0 fully saturated rings. The topological polar surface area (TPSA) is 0 Å². The first kappa shape index (κ1) is 27.6. The van der Waals surface area contributed by atoms with E-state index in [1.807, 2.05) is 0 Å². The summed E-state index contributed by atoms with van der Waals surface area (Å²) in [5, 5.41) is 0. The number of rotatable bonds is 0. The van der Waals surface area contributed by atoms with Gasteiger partial charge in [-0.05, 0) is 0 Å². The van der Waals surface area contributed by atoms with Gasteiger partial charge in [0.2, 0.25) is 0 Å². The molecule has 5 heteroatoms.